The van der Waals surface area contributed by atoms with Crippen molar-refractivity contribution in [2.45, 2.75) is 13.0 Å². The van der Waals surface area contributed by atoms with E-state index in [0.717, 1.165) is 16.7 Å². The Morgan fingerprint density at radius 3 is 2.50 bits per heavy atom. The van der Waals surface area contributed by atoms with Crippen LogP contribution in [-0.4, -0.2) is 10.9 Å². The Labute approximate surface area is 146 Å². The van der Waals surface area contributed by atoms with Gasteiger partial charge in [-0.1, -0.05) is 47.5 Å². The fourth-order valence-corrected chi connectivity index (χ4v) is 2.69. The molecule has 0 saturated carbocycles. The zero-order valence-corrected chi connectivity index (χ0v) is 14.0. The minimum Gasteiger partial charge on any atom is -0.341 e. The van der Waals surface area contributed by atoms with E-state index in [2.05, 4.69) is 10.3 Å². The van der Waals surface area contributed by atoms with Crippen LogP contribution in [0.2, 0.25) is 5.02 Å². The summed E-state index contributed by atoms with van der Waals surface area (Å²) < 4.78 is 0. The maximum Gasteiger partial charge on any atom is 0.252 e. The summed E-state index contributed by atoms with van der Waals surface area (Å²) in [5.74, 6) is -0.123. The van der Waals surface area contributed by atoms with Gasteiger partial charge in [-0.3, -0.25) is 9.78 Å². The van der Waals surface area contributed by atoms with Gasteiger partial charge in [0, 0.05) is 23.0 Å². The lowest BCUT2D eigenvalue weighted by atomic mass is 9.99. The number of hydrogen-bond donors (Lipinski definition) is 1. The summed E-state index contributed by atoms with van der Waals surface area (Å²) in [6.07, 6.45) is 3.47. The second-order valence-electron chi connectivity index (χ2n) is 5.61. The van der Waals surface area contributed by atoms with Crippen LogP contribution in [-0.2, 0) is 0 Å². The quantitative estimate of drug-likeness (QED) is 0.758. The van der Waals surface area contributed by atoms with Gasteiger partial charge in [0.1, 0.15) is 0 Å². The molecule has 0 bridgehead atoms. The Kier molecular flexibility index (Phi) is 4.92. The summed E-state index contributed by atoms with van der Waals surface area (Å²) in [4.78, 5) is 16.8. The van der Waals surface area contributed by atoms with Gasteiger partial charge in [0.25, 0.3) is 5.91 Å². The molecule has 0 fully saturated rings. The largest absolute Gasteiger partial charge is 0.341 e. The molecular formula is C20H17ClN2O. The highest BCUT2D eigenvalue weighted by molar-refractivity contribution is 6.30. The van der Waals surface area contributed by atoms with Crippen LogP contribution >= 0.6 is 11.6 Å². The molecule has 1 atom stereocenters. The van der Waals surface area contributed by atoms with E-state index < -0.39 is 0 Å². The first-order chi connectivity index (χ1) is 11.6. The number of amides is 1. The maximum absolute atomic E-state index is 12.7. The molecule has 3 aromatic rings. The Morgan fingerprint density at radius 1 is 1.04 bits per heavy atom. The number of rotatable bonds is 4. The minimum absolute atomic E-state index is 0.123. The third kappa shape index (κ3) is 3.81. The monoisotopic (exact) mass is 336 g/mol. The van der Waals surface area contributed by atoms with E-state index in [4.69, 9.17) is 11.6 Å². The summed E-state index contributed by atoms with van der Waals surface area (Å²) >= 11 is 5.98. The molecular weight excluding hydrogens is 320 g/mol. The molecule has 2 aromatic carbocycles. The highest BCUT2D eigenvalue weighted by atomic mass is 35.5. The molecule has 0 aliphatic rings. The average Bonchev–Trinajstić information content (AvgIpc) is 2.61. The number of halogens is 1. The molecule has 0 radical (unpaired) electrons. The predicted octanol–water partition coefficient (Wildman–Crippen LogP) is 4.56. The Hall–Kier alpha value is -2.65. The van der Waals surface area contributed by atoms with Gasteiger partial charge in [0.2, 0.25) is 0 Å². The summed E-state index contributed by atoms with van der Waals surface area (Å²) in [5, 5.41) is 3.75. The van der Waals surface area contributed by atoms with Gasteiger partial charge >= 0.3 is 0 Å². The summed E-state index contributed by atoms with van der Waals surface area (Å²) in [6.45, 7) is 1.97. The highest BCUT2D eigenvalue weighted by Gasteiger charge is 2.18. The van der Waals surface area contributed by atoms with Crippen molar-refractivity contribution in [2.75, 3.05) is 0 Å². The van der Waals surface area contributed by atoms with Gasteiger partial charge in [0.15, 0.2) is 0 Å². The van der Waals surface area contributed by atoms with Crippen molar-refractivity contribution < 1.29 is 4.79 Å². The molecule has 0 aliphatic carbocycles. The van der Waals surface area contributed by atoms with Crippen molar-refractivity contribution in [3.8, 4) is 0 Å². The molecule has 1 aromatic heterocycles. The Bertz CT molecular complexity index is 832. The molecule has 120 valence electrons. The van der Waals surface area contributed by atoms with E-state index in [0.29, 0.717) is 10.6 Å². The second kappa shape index (κ2) is 7.28. The number of nitrogens with one attached hydrogen (secondary N) is 1. The molecule has 3 nitrogen and oxygen atoms in total. The highest BCUT2D eigenvalue weighted by Crippen LogP contribution is 2.23. The van der Waals surface area contributed by atoms with E-state index >= 15 is 0 Å². The van der Waals surface area contributed by atoms with Gasteiger partial charge in [-0.2, -0.15) is 0 Å². The van der Waals surface area contributed by atoms with Crippen molar-refractivity contribution in [1.82, 2.24) is 10.3 Å². The maximum atomic E-state index is 12.7. The normalized spacial score (nSPS) is 11.8. The van der Waals surface area contributed by atoms with Crippen LogP contribution < -0.4 is 5.32 Å². The van der Waals surface area contributed by atoms with Gasteiger partial charge in [-0.15, -0.1) is 0 Å². The molecule has 1 N–H and O–H groups in total. The molecule has 1 heterocycles. The number of nitrogens with zero attached hydrogens (tertiary/aromatic N) is 1. The minimum atomic E-state index is -0.288. The van der Waals surface area contributed by atoms with Gasteiger partial charge in [-0.25, -0.2) is 0 Å². The topological polar surface area (TPSA) is 42.0 Å². The van der Waals surface area contributed by atoms with Crippen LogP contribution in [0.15, 0.2) is 73.1 Å². The number of hydrogen-bond acceptors (Lipinski definition) is 2. The van der Waals surface area contributed by atoms with E-state index in [-0.39, 0.29) is 11.9 Å². The van der Waals surface area contributed by atoms with Crippen LogP contribution in [0.4, 0.5) is 0 Å². The molecule has 3 rings (SSSR count). The van der Waals surface area contributed by atoms with Crippen molar-refractivity contribution in [1.29, 1.82) is 0 Å². The number of aryl methyl sites for hydroxylation is 1. The van der Waals surface area contributed by atoms with E-state index in [1.54, 1.807) is 12.4 Å². The zero-order chi connectivity index (χ0) is 16.9. The summed E-state index contributed by atoms with van der Waals surface area (Å²) in [7, 11) is 0. The van der Waals surface area contributed by atoms with E-state index in [9.17, 15) is 4.79 Å². The van der Waals surface area contributed by atoms with Crippen molar-refractivity contribution in [3.63, 3.8) is 0 Å². The summed E-state index contributed by atoms with van der Waals surface area (Å²) in [6, 6.07) is 18.5. The lowest BCUT2D eigenvalue weighted by molar-refractivity contribution is 0.0943. The third-order valence-electron chi connectivity index (χ3n) is 3.78. The fraction of sp³-hybridized carbons (Fsp3) is 0.100. The molecule has 0 saturated heterocycles. The third-order valence-corrected chi connectivity index (χ3v) is 4.03. The summed E-state index contributed by atoms with van der Waals surface area (Å²) in [5.41, 5.74) is 3.55. The molecule has 4 heteroatoms. The van der Waals surface area contributed by atoms with Crippen LogP contribution in [0, 0.1) is 6.92 Å². The first-order valence-corrected chi connectivity index (χ1v) is 8.04. The Morgan fingerprint density at radius 2 is 1.83 bits per heavy atom. The van der Waals surface area contributed by atoms with Gasteiger partial charge in [0.05, 0.1) is 6.04 Å². The average molecular weight is 337 g/mol. The van der Waals surface area contributed by atoms with Gasteiger partial charge in [-0.05, 0) is 48.4 Å². The smallest absolute Gasteiger partial charge is 0.252 e. The molecule has 24 heavy (non-hydrogen) atoms. The van der Waals surface area contributed by atoms with Crippen LogP contribution in [0.5, 0.6) is 0 Å². The fourth-order valence-electron chi connectivity index (χ4n) is 2.56. The van der Waals surface area contributed by atoms with E-state index in [1.807, 2.05) is 67.6 Å². The molecule has 1 amide bonds. The van der Waals surface area contributed by atoms with Crippen molar-refractivity contribution >= 4 is 17.5 Å². The molecule has 0 spiro atoms. The van der Waals surface area contributed by atoms with Crippen LogP contribution in [0.25, 0.3) is 0 Å². The SMILES string of the molecule is Cc1cccc(C(=O)NC(c2ccc(Cl)cc2)c2cccnc2)c1. The Balaban J connectivity index is 1.93. The van der Waals surface area contributed by atoms with E-state index in [1.165, 1.54) is 0 Å². The van der Waals surface area contributed by atoms with Crippen molar-refractivity contribution in [3.05, 3.63) is 100 Å². The zero-order valence-electron chi connectivity index (χ0n) is 13.2. The lowest BCUT2D eigenvalue weighted by Gasteiger charge is -2.20. The number of carbonyl (C=O) groups excluding carboxylic acids is 1. The number of benzene rings is 2. The lowest BCUT2D eigenvalue weighted by Crippen LogP contribution is -2.29. The first-order valence-electron chi connectivity index (χ1n) is 7.66. The molecule has 0 aliphatic heterocycles. The number of pyridine rings is 1. The number of aromatic nitrogens is 1. The van der Waals surface area contributed by atoms with Gasteiger partial charge < -0.3 is 5.32 Å². The predicted molar refractivity (Wildman–Crippen MR) is 96.2 cm³/mol. The van der Waals surface area contributed by atoms with Crippen LogP contribution in [0.3, 0.4) is 0 Å². The van der Waals surface area contributed by atoms with Crippen molar-refractivity contribution in [2.24, 2.45) is 0 Å². The number of carbonyl (C=O) groups is 1. The molecule has 1 unspecified atom stereocenters. The standard InChI is InChI=1S/C20H17ClN2O/c1-14-4-2-5-16(12-14)20(24)23-19(17-6-3-11-22-13-17)15-7-9-18(21)10-8-15/h2-13,19H,1H3,(H,23,24). The second-order valence-corrected chi connectivity index (χ2v) is 6.05. The first kappa shape index (κ1) is 16.2. The van der Waals surface area contributed by atoms with Crippen LogP contribution in [0.1, 0.15) is 33.1 Å².